The van der Waals surface area contributed by atoms with Crippen LogP contribution >= 0.6 is 0 Å². The van der Waals surface area contributed by atoms with Crippen LogP contribution in [0.25, 0.3) is 0 Å². The van der Waals surface area contributed by atoms with Gasteiger partial charge in [0.1, 0.15) is 5.69 Å². The number of ketones is 1. The Bertz CT molecular complexity index is 529. The van der Waals surface area contributed by atoms with E-state index in [0.29, 0.717) is 29.5 Å². The monoisotopic (exact) mass is 278 g/mol. The number of carbonyl (C=O) groups excluding carboxylic acids is 2. The number of hydrogen-bond acceptors (Lipinski definition) is 4. The second-order valence-corrected chi connectivity index (χ2v) is 5.37. The van der Waals surface area contributed by atoms with E-state index in [9.17, 15) is 9.59 Å². The second kappa shape index (κ2) is 5.79. The van der Waals surface area contributed by atoms with Crippen molar-refractivity contribution in [2.75, 3.05) is 6.61 Å². The molecule has 0 amide bonds. The van der Waals surface area contributed by atoms with Crippen molar-refractivity contribution in [1.82, 2.24) is 10.3 Å². The maximum Gasteiger partial charge on any atom is 0.355 e. The molecule has 1 aliphatic carbocycles. The number of aryl methyl sites for hydroxylation is 1. The van der Waals surface area contributed by atoms with Gasteiger partial charge < -0.3 is 15.0 Å². The van der Waals surface area contributed by atoms with Gasteiger partial charge in [0, 0.05) is 17.3 Å². The highest BCUT2D eigenvalue weighted by Crippen LogP contribution is 2.23. The molecule has 1 unspecified atom stereocenters. The van der Waals surface area contributed by atoms with Crippen LogP contribution in [0.3, 0.4) is 0 Å². The Hall–Kier alpha value is -1.62. The summed E-state index contributed by atoms with van der Waals surface area (Å²) < 4.78 is 4.99. The third-order valence-corrected chi connectivity index (χ3v) is 3.62. The van der Waals surface area contributed by atoms with Crippen molar-refractivity contribution >= 4 is 11.8 Å². The van der Waals surface area contributed by atoms with Gasteiger partial charge in [0.2, 0.25) is 0 Å². The molecule has 2 N–H and O–H groups in total. The average Bonchev–Trinajstić information content (AvgIpc) is 3.14. The third kappa shape index (κ3) is 2.93. The minimum atomic E-state index is -0.407. The molecule has 0 spiro atoms. The van der Waals surface area contributed by atoms with Gasteiger partial charge >= 0.3 is 5.97 Å². The van der Waals surface area contributed by atoms with E-state index in [1.807, 2.05) is 13.8 Å². The number of aromatic nitrogens is 1. The van der Waals surface area contributed by atoms with Gasteiger partial charge in [0.15, 0.2) is 5.78 Å². The first-order valence-electron chi connectivity index (χ1n) is 7.12. The number of rotatable bonds is 6. The number of aromatic amines is 1. The molecule has 5 nitrogen and oxygen atoms in total. The van der Waals surface area contributed by atoms with Crippen LogP contribution in [-0.2, 0) is 4.74 Å². The predicted molar refractivity (Wildman–Crippen MR) is 76.2 cm³/mol. The van der Waals surface area contributed by atoms with Crippen molar-refractivity contribution in [3.8, 4) is 0 Å². The number of nitrogens with one attached hydrogen (secondary N) is 2. The van der Waals surface area contributed by atoms with E-state index in [4.69, 9.17) is 4.74 Å². The first kappa shape index (κ1) is 14.8. The number of Topliss-reactive ketones (excluding diaryl/α,β-unsaturated/α-hetero) is 1. The molecular formula is C15H22N2O3. The standard InChI is InChI=1S/C15H22N2O3/c1-5-20-15(19)13-8(2)12(9(3)17-13)14(18)10(4)16-11-6-7-11/h10-11,16-17H,5-7H2,1-4H3. The molecule has 1 aromatic heterocycles. The molecule has 20 heavy (non-hydrogen) atoms. The Morgan fingerprint density at radius 1 is 1.40 bits per heavy atom. The molecule has 0 aromatic carbocycles. The van der Waals surface area contributed by atoms with Crippen LogP contribution < -0.4 is 5.32 Å². The van der Waals surface area contributed by atoms with Crippen LogP contribution in [0.2, 0.25) is 0 Å². The summed E-state index contributed by atoms with van der Waals surface area (Å²) in [4.78, 5) is 27.3. The van der Waals surface area contributed by atoms with Crippen LogP contribution in [0, 0.1) is 13.8 Å². The fourth-order valence-corrected chi connectivity index (χ4v) is 2.42. The summed E-state index contributed by atoms with van der Waals surface area (Å²) in [7, 11) is 0. The van der Waals surface area contributed by atoms with Gasteiger partial charge in [-0.1, -0.05) is 0 Å². The van der Waals surface area contributed by atoms with E-state index < -0.39 is 5.97 Å². The molecule has 1 heterocycles. The maximum atomic E-state index is 12.5. The summed E-state index contributed by atoms with van der Waals surface area (Å²) in [5.74, 6) is -0.381. The number of hydrogen-bond donors (Lipinski definition) is 2. The molecule has 0 aliphatic heterocycles. The lowest BCUT2D eigenvalue weighted by Crippen LogP contribution is -2.35. The summed E-state index contributed by atoms with van der Waals surface area (Å²) in [6.45, 7) is 7.55. The Balaban J connectivity index is 2.22. The van der Waals surface area contributed by atoms with E-state index in [-0.39, 0.29) is 11.8 Å². The van der Waals surface area contributed by atoms with Gasteiger partial charge in [-0.2, -0.15) is 0 Å². The lowest BCUT2D eigenvalue weighted by atomic mass is 10.0. The molecule has 0 saturated heterocycles. The number of carbonyl (C=O) groups is 2. The number of ether oxygens (including phenoxy) is 1. The maximum absolute atomic E-state index is 12.5. The lowest BCUT2D eigenvalue weighted by molar-refractivity contribution is 0.0519. The highest BCUT2D eigenvalue weighted by atomic mass is 16.5. The van der Waals surface area contributed by atoms with Crippen molar-refractivity contribution in [3.05, 3.63) is 22.5 Å². The highest BCUT2D eigenvalue weighted by molar-refractivity contribution is 6.05. The SMILES string of the molecule is CCOC(=O)c1[nH]c(C)c(C(=O)C(C)NC2CC2)c1C. The van der Waals surface area contributed by atoms with Gasteiger partial charge in [-0.3, -0.25) is 4.79 Å². The summed E-state index contributed by atoms with van der Waals surface area (Å²) in [6.07, 6.45) is 2.27. The number of H-pyrrole nitrogens is 1. The molecule has 1 aliphatic rings. The van der Waals surface area contributed by atoms with Crippen molar-refractivity contribution in [2.45, 2.75) is 52.6 Å². The largest absolute Gasteiger partial charge is 0.461 e. The molecule has 0 bridgehead atoms. The fourth-order valence-electron chi connectivity index (χ4n) is 2.42. The van der Waals surface area contributed by atoms with Gasteiger partial charge in [0.25, 0.3) is 0 Å². The summed E-state index contributed by atoms with van der Waals surface area (Å²) in [5, 5.41) is 3.29. The molecule has 110 valence electrons. The molecule has 1 atom stereocenters. The van der Waals surface area contributed by atoms with E-state index in [2.05, 4.69) is 10.3 Å². The molecular weight excluding hydrogens is 256 g/mol. The van der Waals surface area contributed by atoms with Crippen LogP contribution in [-0.4, -0.2) is 35.4 Å². The predicted octanol–water partition coefficient (Wildman–Crippen LogP) is 2.13. The normalized spacial score (nSPS) is 16.0. The summed E-state index contributed by atoms with van der Waals surface area (Å²) in [5.41, 5.74) is 2.38. The van der Waals surface area contributed by atoms with Crippen molar-refractivity contribution in [2.24, 2.45) is 0 Å². The zero-order chi connectivity index (χ0) is 14.9. The van der Waals surface area contributed by atoms with E-state index in [0.717, 1.165) is 18.5 Å². The molecule has 0 radical (unpaired) electrons. The average molecular weight is 278 g/mol. The summed E-state index contributed by atoms with van der Waals surface area (Å²) in [6, 6.07) is 0.240. The Kier molecular flexibility index (Phi) is 4.28. The summed E-state index contributed by atoms with van der Waals surface area (Å²) >= 11 is 0. The minimum Gasteiger partial charge on any atom is -0.461 e. The zero-order valence-electron chi connectivity index (χ0n) is 12.5. The first-order chi connectivity index (χ1) is 9.45. The van der Waals surface area contributed by atoms with E-state index in [1.54, 1.807) is 13.8 Å². The molecule has 2 rings (SSSR count). The topological polar surface area (TPSA) is 71.2 Å². The van der Waals surface area contributed by atoms with Gasteiger partial charge in [-0.05, 0) is 46.1 Å². The highest BCUT2D eigenvalue weighted by Gasteiger charge is 2.29. The van der Waals surface area contributed by atoms with Crippen molar-refractivity contribution in [3.63, 3.8) is 0 Å². The fraction of sp³-hybridized carbons (Fsp3) is 0.600. The van der Waals surface area contributed by atoms with Crippen molar-refractivity contribution in [1.29, 1.82) is 0 Å². The van der Waals surface area contributed by atoms with Crippen LogP contribution in [0.15, 0.2) is 0 Å². The number of esters is 1. The molecule has 1 aromatic rings. The Morgan fingerprint density at radius 3 is 2.60 bits per heavy atom. The van der Waals surface area contributed by atoms with Gasteiger partial charge in [0.05, 0.1) is 12.6 Å². The van der Waals surface area contributed by atoms with Crippen LogP contribution in [0.5, 0.6) is 0 Å². The van der Waals surface area contributed by atoms with Crippen LogP contribution in [0.1, 0.15) is 58.8 Å². The van der Waals surface area contributed by atoms with E-state index >= 15 is 0 Å². The van der Waals surface area contributed by atoms with Gasteiger partial charge in [-0.15, -0.1) is 0 Å². The smallest absolute Gasteiger partial charge is 0.355 e. The lowest BCUT2D eigenvalue weighted by Gasteiger charge is -2.12. The van der Waals surface area contributed by atoms with Crippen LogP contribution in [0.4, 0.5) is 0 Å². The Morgan fingerprint density at radius 2 is 2.05 bits per heavy atom. The van der Waals surface area contributed by atoms with Crippen molar-refractivity contribution < 1.29 is 14.3 Å². The van der Waals surface area contributed by atoms with Gasteiger partial charge in [-0.25, -0.2) is 4.79 Å². The Labute approximate surface area is 119 Å². The quantitative estimate of drug-likeness (QED) is 0.617. The second-order valence-electron chi connectivity index (χ2n) is 5.37. The van der Waals surface area contributed by atoms with E-state index in [1.165, 1.54) is 0 Å². The molecule has 5 heteroatoms. The first-order valence-corrected chi connectivity index (χ1v) is 7.12. The third-order valence-electron chi connectivity index (χ3n) is 3.62. The molecule has 1 saturated carbocycles. The minimum absolute atomic E-state index is 0.0266. The molecule has 1 fully saturated rings. The zero-order valence-corrected chi connectivity index (χ0v) is 12.5.